The Morgan fingerprint density at radius 2 is 1.52 bits per heavy atom. The summed E-state index contributed by atoms with van der Waals surface area (Å²) in [6.45, 7) is 9.21. The van der Waals surface area contributed by atoms with E-state index < -0.39 is 14.8 Å². The summed E-state index contributed by atoms with van der Waals surface area (Å²) in [5, 5.41) is 8.76. The van der Waals surface area contributed by atoms with Crippen LogP contribution in [-0.2, 0) is 18.1 Å². The summed E-state index contributed by atoms with van der Waals surface area (Å²) in [5.41, 5.74) is 0.396. The molecule has 0 aromatic heterocycles. The van der Waals surface area contributed by atoms with Gasteiger partial charge in [-0.05, 0) is 47.0 Å². The quantitative estimate of drug-likeness (QED) is 0.336. The number of hydrogen-bond donors (Lipinski definition) is 1. The molecule has 21 heavy (non-hydrogen) atoms. The van der Waals surface area contributed by atoms with Crippen LogP contribution in [0.5, 0.6) is 0 Å². The summed E-state index contributed by atoms with van der Waals surface area (Å²) in [6.07, 6.45) is 4.34. The van der Waals surface area contributed by atoms with E-state index in [1.165, 1.54) is 0 Å². The van der Waals surface area contributed by atoms with Gasteiger partial charge in [0.25, 0.3) is 0 Å². The van der Waals surface area contributed by atoms with Crippen molar-refractivity contribution < 1.29 is 23.2 Å². The Labute approximate surface area is 136 Å². The van der Waals surface area contributed by atoms with Crippen LogP contribution in [0.2, 0.25) is 6.04 Å². The molecule has 0 heterocycles. The molecule has 5 nitrogen and oxygen atoms in total. The lowest BCUT2D eigenvalue weighted by molar-refractivity contribution is -0.132. The first kappa shape index (κ1) is 22.9. The van der Waals surface area contributed by atoms with Crippen LogP contribution in [0.15, 0.2) is 11.6 Å². The predicted molar refractivity (Wildman–Crippen MR) is 91.1 cm³/mol. The topological polar surface area (TPSA) is 65.0 Å². The van der Waals surface area contributed by atoms with E-state index in [1.807, 2.05) is 20.8 Å². The van der Waals surface area contributed by atoms with E-state index in [9.17, 15) is 4.79 Å². The molecule has 0 spiro atoms. The molecular weight excluding hydrogens is 308 g/mol. The number of hydrogen-bond acceptors (Lipinski definition) is 4. The highest BCUT2D eigenvalue weighted by Crippen LogP contribution is 2.20. The number of carboxylic acids is 1. The Bertz CT molecular complexity index is 293. The minimum Gasteiger partial charge on any atom is -0.478 e. The Balaban J connectivity index is 0. The number of rotatable bonds is 12. The molecular formula is C14H30O5SSi. The predicted octanol–water partition coefficient (Wildman–Crippen LogP) is 3.35. The molecule has 0 fully saturated rings. The maximum atomic E-state index is 10.7. The van der Waals surface area contributed by atoms with Crippen LogP contribution in [0, 0.1) is 0 Å². The standard InChI is InChI=1S/C14H28O5Si.H2S/c1-5-17-20(18-6-2,19-7-3)12-10-8-9-11-13(4)14(15)16;/h11H,5-10,12H2,1-4H3,(H,15,16);1H2. The van der Waals surface area contributed by atoms with Gasteiger partial charge < -0.3 is 18.4 Å². The third-order valence-electron chi connectivity index (χ3n) is 2.82. The average molecular weight is 339 g/mol. The fraction of sp³-hybridized carbons (Fsp3) is 0.786. The molecule has 0 aromatic carbocycles. The van der Waals surface area contributed by atoms with Gasteiger partial charge in [-0.15, -0.1) is 0 Å². The number of allylic oxidation sites excluding steroid dienone is 1. The molecule has 0 saturated carbocycles. The van der Waals surface area contributed by atoms with E-state index in [1.54, 1.807) is 13.0 Å². The van der Waals surface area contributed by atoms with Gasteiger partial charge in [0.2, 0.25) is 0 Å². The average Bonchev–Trinajstić information content (AvgIpc) is 2.39. The Kier molecular flexibility index (Phi) is 14.6. The highest BCUT2D eigenvalue weighted by atomic mass is 32.1. The molecule has 0 bridgehead atoms. The minimum absolute atomic E-state index is 0. The molecule has 1 N–H and O–H groups in total. The normalized spacial score (nSPS) is 12.1. The van der Waals surface area contributed by atoms with Crippen LogP contribution in [0.25, 0.3) is 0 Å². The highest BCUT2D eigenvalue weighted by Gasteiger charge is 2.39. The van der Waals surface area contributed by atoms with Gasteiger partial charge in [0.05, 0.1) is 0 Å². The third kappa shape index (κ3) is 10.1. The van der Waals surface area contributed by atoms with Crippen molar-refractivity contribution in [2.75, 3.05) is 19.8 Å². The molecule has 0 aliphatic rings. The Hall–Kier alpha value is -0.343. The molecule has 7 heteroatoms. The Morgan fingerprint density at radius 1 is 1.05 bits per heavy atom. The van der Waals surface area contributed by atoms with Crippen molar-refractivity contribution in [2.45, 2.75) is 53.0 Å². The second kappa shape index (κ2) is 13.3. The van der Waals surface area contributed by atoms with E-state index in [0.717, 1.165) is 25.3 Å². The highest BCUT2D eigenvalue weighted by molar-refractivity contribution is 7.59. The van der Waals surface area contributed by atoms with Crippen LogP contribution in [0.1, 0.15) is 47.0 Å². The fourth-order valence-corrected chi connectivity index (χ4v) is 4.58. The molecule has 0 rings (SSSR count). The zero-order valence-electron chi connectivity index (χ0n) is 13.6. The third-order valence-corrected chi connectivity index (χ3v) is 5.97. The summed E-state index contributed by atoms with van der Waals surface area (Å²) in [5.74, 6) is -0.855. The van der Waals surface area contributed by atoms with Gasteiger partial charge in [-0.1, -0.05) is 6.08 Å². The first-order valence-corrected chi connectivity index (χ1v) is 9.26. The molecule has 0 radical (unpaired) electrons. The van der Waals surface area contributed by atoms with Crippen molar-refractivity contribution in [1.29, 1.82) is 0 Å². The monoisotopic (exact) mass is 338 g/mol. The lowest BCUT2D eigenvalue weighted by Gasteiger charge is -2.28. The van der Waals surface area contributed by atoms with E-state index in [-0.39, 0.29) is 13.5 Å². The molecule has 0 unspecified atom stereocenters. The molecule has 0 amide bonds. The molecule has 126 valence electrons. The Morgan fingerprint density at radius 3 is 1.90 bits per heavy atom. The maximum Gasteiger partial charge on any atom is 0.500 e. The van der Waals surface area contributed by atoms with Gasteiger partial charge in [-0.2, -0.15) is 13.5 Å². The van der Waals surface area contributed by atoms with Crippen LogP contribution in [0.3, 0.4) is 0 Å². The number of unbranched alkanes of at least 4 members (excludes halogenated alkanes) is 2. The molecule has 0 saturated heterocycles. The summed E-state index contributed by atoms with van der Waals surface area (Å²) in [6, 6.07) is 0.780. The maximum absolute atomic E-state index is 10.7. The van der Waals surface area contributed by atoms with Crippen molar-refractivity contribution in [1.82, 2.24) is 0 Å². The zero-order chi connectivity index (χ0) is 15.4. The number of carbonyl (C=O) groups is 1. The van der Waals surface area contributed by atoms with Gasteiger partial charge >= 0.3 is 14.8 Å². The van der Waals surface area contributed by atoms with Crippen molar-refractivity contribution in [3.05, 3.63) is 11.6 Å². The van der Waals surface area contributed by atoms with Crippen LogP contribution < -0.4 is 0 Å². The zero-order valence-corrected chi connectivity index (χ0v) is 15.6. The van der Waals surface area contributed by atoms with E-state index in [0.29, 0.717) is 25.4 Å². The van der Waals surface area contributed by atoms with Gasteiger partial charge in [-0.3, -0.25) is 0 Å². The number of aliphatic carboxylic acids is 1. The molecule has 0 aliphatic carbocycles. The van der Waals surface area contributed by atoms with E-state index in [4.69, 9.17) is 18.4 Å². The van der Waals surface area contributed by atoms with E-state index in [2.05, 4.69) is 0 Å². The fourth-order valence-electron chi connectivity index (χ4n) is 1.89. The minimum atomic E-state index is -2.53. The number of carboxylic acid groups (broad SMARTS) is 1. The van der Waals surface area contributed by atoms with Crippen LogP contribution in [0.4, 0.5) is 0 Å². The lowest BCUT2D eigenvalue weighted by Crippen LogP contribution is -2.45. The van der Waals surface area contributed by atoms with Crippen molar-refractivity contribution in [3.8, 4) is 0 Å². The lowest BCUT2D eigenvalue weighted by atomic mass is 10.2. The molecule has 0 atom stereocenters. The second-order valence-corrected chi connectivity index (χ2v) is 7.15. The van der Waals surface area contributed by atoms with Crippen molar-refractivity contribution >= 4 is 28.3 Å². The smallest absolute Gasteiger partial charge is 0.478 e. The summed E-state index contributed by atoms with van der Waals surface area (Å²) < 4.78 is 17.3. The van der Waals surface area contributed by atoms with Gasteiger partial charge in [0.1, 0.15) is 0 Å². The van der Waals surface area contributed by atoms with Gasteiger partial charge in [0.15, 0.2) is 0 Å². The molecule has 0 aromatic rings. The first-order chi connectivity index (χ1) is 9.51. The van der Waals surface area contributed by atoms with Crippen molar-refractivity contribution in [2.24, 2.45) is 0 Å². The first-order valence-electron chi connectivity index (χ1n) is 7.33. The molecule has 0 aliphatic heterocycles. The van der Waals surface area contributed by atoms with Crippen LogP contribution >= 0.6 is 13.5 Å². The SMILES string of the molecule is CCO[Si](CCCCC=C(C)C(=O)O)(OCC)OCC.S. The summed E-state index contributed by atoms with van der Waals surface area (Å²) in [4.78, 5) is 10.7. The summed E-state index contributed by atoms with van der Waals surface area (Å²) >= 11 is 0. The van der Waals surface area contributed by atoms with Gasteiger partial charge in [-0.25, -0.2) is 4.79 Å². The van der Waals surface area contributed by atoms with E-state index >= 15 is 0 Å². The summed E-state index contributed by atoms with van der Waals surface area (Å²) in [7, 11) is -2.53. The van der Waals surface area contributed by atoms with Crippen molar-refractivity contribution in [3.63, 3.8) is 0 Å². The largest absolute Gasteiger partial charge is 0.500 e. The van der Waals surface area contributed by atoms with Crippen LogP contribution in [-0.4, -0.2) is 39.7 Å². The second-order valence-electron chi connectivity index (χ2n) is 4.42. The van der Waals surface area contributed by atoms with Gasteiger partial charge in [0, 0.05) is 31.4 Å².